The number of fused-ring (bicyclic) bond motifs is 6. The second kappa shape index (κ2) is 13.8. The number of carboxylic acid groups (broad SMARTS) is 1. The molecule has 6 bridgehead atoms. The minimum absolute atomic E-state index is 0.184. The largest absolute Gasteiger partial charge is 0.490 e. The van der Waals surface area contributed by atoms with Gasteiger partial charge in [0, 0.05) is 41.4 Å². The lowest BCUT2D eigenvalue weighted by Gasteiger charge is -2.28. The summed E-state index contributed by atoms with van der Waals surface area (Å²) in [5.74, 6) is -2.05. The first-order chi connectivity index (χ1) is 21.5. The SMILES string of the molecule is O=C(Nc1ccc(N2CCOCC2)cc1)c1cc2cc(c1)Nc1nc(ncc1Cl)Nc1cccc(c1)CC2.O=C(O)C(F)(F)F. The molecule has 3 heterocycles. The van der Waals surface area contributed by atoms with Gasteiger partial charge < -0.3 is 30.7 Å². The number of carbonyl (C=O) groups excluding carboxylic acids is 1. The van der Waals surface area contributed by atoms with Crippen molar-refractivity contribution in [3.63, 3.8) is 0 Å². The van der Waals surface area contributed by atoms with Crippen LogP contribution in [-0.4, -0.2) is 59.4 Å². The van der Waals surface area contributed by atoms with Gasteiger partial charge in [-0.3, -0.25) is 4.79 Å². The molecule has 14 heteroatoms. The van der Waals surface area contributed by atoms with Gasteiger partial charge in [0.2, 0.25) is 5.95 Å². The van der Waals surface area contributed by atoms with E-state index in [4.69, 9.17) is 26.2 Å². The number of carboxylic acids is 1. The number of hydrogen-bond acceptors (Lipinski definition) is 8. The number of aliphatic carboxylic acids is 1. The van der Waals surface area contributed by atoms with Crippen LogP contribution >= 0.6 is 11.6 Å². The van der Waals surface area contributed by atoms with Crippen molar-refractivity contribution in [3.05, 3.63) is 94.6 Å². The molecule has 6 rings (SSSR count). The van der Waals surface area contributed by atoms with Gasteiger partial charge in [-0.05, 0) is 78.6 Å². The molecule has 1 amide bonds. The zero-order valence-corrected chi connectivity index (χ0v) is 24.5. The van der Waals surface area contributed by atoms with Crippen molar-refractivity contribution >= 4 is 58.0 Å². The van der Waals surface area contributed by atoms with E-state index < -0.39 is 12.1 Å². The Balaban J connectivity index is 0.000000515. The summed E-state index contributed by atoms with van der Waals surface area (Å²) in [5.41, 5.74) is 6.25. The van der Waals surface area contributed by atoms with Crippen molar-refractivity contribution < 1.29 is 32.6 Å². The summed E-state index contributed by atoms with van der Waals surface area (Å²) in [6.45, 7) is 3.20. The van der Waals surface area contributed by atoms with Crippen LogP contribution in [0.5, 0.6) is 0 Å². The van der Waals surface area contributed by atoms with Crippen molar-refractivity contribution in [1.29, 1.82) is 0 Å². The molecule has 2 aliphatic rings. The van der Waals surface area contributed by atoms with E-state index in [-0.39, 0.29) is 5.91 Å². The lowest BCUT2D eigenvalue weighted by molar-refractivity contribution is -0.192. The Kier molecular flexibility index (Phi) is 9.69. The highest BCUT2D eigenvalue weighted by Gasteiger charge is 2.38. The number of nitrogens with zero attached hydrogens (tertiary/aromatic N) is 3. The number of aryl methyl sites for hydroxylation is 2. The van der Waals surface area contributed by atoms with Crippen LogP contribution in [0.1, 0.15) is 21.5 Å². The smallest absolute Gasteiger partial charge is 0.475 e. The Labute approximate surface area is 261 Å². The molecule has 0 saturated carbocycles. The molecule has 1 saturated heterocycles. The van der Waals surface area contributed by atoms with E-state index in [1.807, 2.05) is 54.6 Å². The summed E-state index contributed by atoms with van der Waals surface area (Å²) in [6.07, 6.45) is -1.94. The van der Waals surface area contributed by atoms with Crippen LogP contribution < -0.4 is 20.9 Å². The zero-order chi connectivity index (χ0) is 32.0. The molecule has 3 aromatic carbocycles. The van der Waals surface area contributed by atoms with Gasteiger partial charge in [-0.2, -0.15) is 18.2 Å². The maximum atomic E-state index is 13.3. The van der Waals surface area contributed by atoms with Crippen molar-refractivity contribution in [1.82, 2.24) is 9.97 Å². The van der Waals surface area contributed by atoms with Gasteiger partial charge in [-0.25, -0.2) is 9.78 Å². The van der Waals surface area contributed by atoms with Gasteiger partial charge in [-0.1, -0.05) is 23.7 Å². The quantitative estimate of drug-likeness (QED) is 0.200. The van der Waals surface area contributed by atoms with Gasteiger partial charge >= 0.3 is 12.1 Å². The van der Waals surface area contributed by atoms with Gasteiger partial charge in [-0.15, -0.1) is 0 Å². The number of morpholine rings is 1. The van der Waals surface area contributed by atoms with Crippen LogP contribution in [0.15, 0.2) is 72.9 Å². The monoisotopic (exact) mass is 640 g/mol. The molecule has 0 aliphatic carbocycles. The average molecular weight is 641 g/mol. The standard InChI is InChI=1S/C29H27ClN6O2.C2HF3O2/c30-26-18-31-29-34-23-3-1-2-19(15-23)4-5-20-14-21(17-24(16-20)32-27(26)35-29)28(37)33-22-6-8-25(9-7-22)36-10-12-38-13-11-36;3-2(4,5)1(6)7/h1-3,6-9,14-18H,4-5,10-13H2,(H,33,37)(H2,31,32,34,35);(H,6,7). The predicted molar refractivity (Wildman–Crippen MR) is 165 cm³/mol. The minimum Gasteiger partial charge on any atom is -0.475 e. The predicted octanol–water partition coefficient (Wildman–Crippen LogP) is 6.44. The first-order valence-electron chi connectivity index (χ1n) is 13.9. The molecular weight excluding hydrogens is 613 g/mol. The number of alkyl halides is 3. The van der Waals surface area contributed by atoms with Crippen LogP contribution in [0.25, 0.3) is 0 Å². The molecular formula is C31H28ClF3N6O4. The topological polar surface area (TPSA) is 129 Å². The molecule has 0 atom stereocenters. The van der Waals surface area contributed by atoms with E-state index in [0.717, 1.165) is 67.5 Å². The fourth-order valence-corrected chi connectivity index (χ4v) is 4.83. The Morgan fingerprint density at radius 1 is 0.933 bits per heavy atom. The molecule has 4 N–H and O–H groups in total. The number of benzene rings is 3. The number of anilines is 6. The summed E-state index contributed by atoms with van der Waals surface area (Å²) in [5, 5.41) is 17.1. The number of carbonyl (C=O) groups is 2. The Bertz CT molecular complexity index is 1680. The van der Waals surface area contributed by atoms with E-state index in [1.54, 1.807) is 6.20 Å². The van der Waals surface area contributed by atoms with E-state index in [2.05, 4.69) is 43.0 Å². The van der Waals surface area contributed by atoms with Gasteiger partial charge in [0.05, 0.1) is 19.4 Å². The molecule has 4 aromatic rings. The molecule has 0 spiro atoms. The summed E-state index contributed by atoms with van der Waals surface area (Å²) in [4.78, 5) is 33.4. The number of ether oxygens (including phenoxy) is 1. The van der Waals surface area contributed by atoms with Crippen molar-refractivity contribution in [2.75, 3.05) is 47.2 Å². The third-order valence-electron chi connectivity index (χ3n) is 6.89. The second-order valence-electron chi connectivity index (χ2n) is 10.2. The third kappa shape index (κ3) is 8.61. The number of amides is 1. The van der Waals surface area contributed by atoms with Gasteiger partial charge in [0.1, 0.15) is 5.02 Å². The highest BCUT2D eigenvalue weighted by atomic mass is 35.5. The number of nitrogens with one attached hydrogen (secondary N) is 3. The highest BCUT2D eigenvalue weighted by Crippen LogP contribution is 2.28. The fourth-order valence-electron chi connectivity index (χ4n) is 4.69. The number of aromatic nitrogens is 2. The molecule has 45 heavy (non-hydrogen) atoms. The first-order valence-corrected chi connectivity index (χ1v) is 14.2. The molecule has 1 aromatic heterocycles. The van der Waals surface area contributed by atoms with E-state index in [0.29, 0.717) is 22.4 Å². The maximum Gasteiger partial charge on any atom is 0.490 e. The van der Waals surface area contributed by atoms with Crippen LogP contribution in [-0.2, 0) is 22.4 Å². The van der Waals surface area contributed by atoms with Crippen molar-refractivity contribution in [3.8, 4) is 0 Å². The van der Waals surface area contributed by atoms with E-state index in [1.165, 1.54) is 5.56 Å². The van der Waals surface area contributed by atoms with E-state index in [9.17, 15) is 18.0 Å². The van der Waals surface area contributed by atoms with Crippen LogP contribution in [0.2, 0.25) is 5.02 Å². The lowest BCUT2D eigenvalue weighted by atomic mass is 10.0. The lowest BCUT2D eigenvalue weighted by Crippen LogP contribution is -2.36. The Morgan fingerprint density at radius 2 is 1.62 bits per heavy atom. The summed E-state index contributed by atoms with van der Waals surface area (Å²) >= 11 is 6.41. The van der Waals surface area contributed by atoms with Crippen molar-refractivity contribution in [2.24, 2.45) is 0 Å². The van der Waals surface area contributed by atoms with Crippen LogP contribution in [0.3, 0.4) is 0 Å². The van der Waals surface area contributed by atoms with Crippen molar-refractivity contribution in [2.45, 2.75) is 19.0 Å². The Morgan fingerprint density at radius 3 is 2.33 bits per heavy atom. The zero-order valence-electron chi connectivity index (χ0n) is 23.7. The maximum absolute atomic E-state index is 13.3. The molecule has 0 radical (unpaired) electrons. The Hall–Kier alpha value is -4.88. The minimum atomic E-state index is -5.08. The number of halogens is 4. The molecule has 234 valence electrons. The second-order valence-corrected chi connectivity index (χ2v) is 10.6. The third-order valence-corrected chi connectivity index (χ3v) is 7.17. The number of hydrogen-bond donors (Lipinski definition) is 4. The fraction of sp³-hybridized carbons (Fsp3) is 0.226. The highest BCUT2D eigenvalue weighted by molar-refractivity contribution is 6.33. The number of rotatable bonds is 3. The molecule has 2 aliphatic heterocycles. The van der Waals surface area contributed by atoms with Crippen LogP contribution in [0, 0.1) is 0 Å². The summed E-state index contributed by atoms with van der Waals surface area (Å²) < 4.78 is 37.2. The van der Waals surface area contributed by atoms with Crippen LogP contribution in [0.4, 0.5) is 47.7 Å². The normalized spacial score (nSPS) is 14.2. The molecule has 0 unspecified atom stereocenters. The summed E-state index contributed by atoms with van der Waals surface area (Å²) in [7, 11) is 0. The molecule has 10 nitrogen and oxygen atoms in total. The van der Waals surface area contributed by atoms with E-state index >= 15 is 0 Å². The molecule has 1 fully saturated rings. The van der Waals surface area contributed by atoms with Gasteiger partial charge in [0.15, 0.2) is 5.82 Å². The summed E-state index contributed by atoms with van der Waals surface area (Å²) in [6, 6.07) is 21.9. The first kappa shape index (κ1) is 31.5. The van der Waals surface area contributed by atoms with Gasteiger partial charge in [0.25, 0.3) is 5.91 Å². The average Bonchev–Trinajstić information content (AvgIpc) is 3.02.